The molecule has 0 spiro atoms. The molecule has 0 saturated carbocycles. The number of nitrogens with zero attached hydrogens (tertiary/aromatic N) is 3. The van der Waals surface area contributed by atoms with Crippen molar-refractivity contribution in [3.63, 3.8) is 0 Å². The van der Waals surface area contributed by atoms with Gasteiger partial charge in [-0.3, -0.25) is 14.2 Å². The maximum atomic E-state index is 12.9. The topological polar surface area (TPSA) is 67.2 Å². The van der Waals surface area contributed by atoms with Crippen LogP contribution in [0.4, 0.5) is 14.5 Å². The number of thiophene rings is 1. The molecule has 27 heavy (non-hydrogen) atoms. The quantitative estimate of drug-likeness (QED) is 0.695. The monoisotopic (exact) mass is 390 g/mol. The lowest BCUT2D eigenvalue weighted by Crippen LogP contribution is -2.27. The molecule has 0 bridgehead atoms. The molecule has 1 N–H and O–H groups in total. The van der Waals surface area contributed by atoms with Crippen molar-refractivity contribution in [2.24, 2.45) is 0 Å². The standard InChI is InChI=1S/C18H16F2N4O2S/c1-23(11-15-21-8-9-24(15)18(19)20)17(26)12-4-6-13(7-5-12)22-16(25)14-3-2-10-27-14/h2-10,18H,11H2,1H3,(H,22,25). The third-order valence-corrected chi connectivity index (χ3v) is 4.69. The Labute approximate surface area is 158 Å². The Morgan fingerprint density at radius 3 is 2.63 bits per heavy atom. The minimum atomic E-state index is -2.71. The van der Waals surface area contributed by atoms with E-state index in [1.807, 2.05) is 5.38 Å². The zero-order valence-electron chi connectivity index (χ0n) is 14.3. The molecule has 9 heteroatoms. The van der Waals surface area contributed by atoms with E-state index in [0.717, 1.165) is 0 Å². The Morgan fingerprint density at radius 2 is 2.00 bits per heavy atom. The van der Waals surface area contributed by atoms with Crippen LogP contribution in [0.3, 0.4) is 0 Å². The molecule has 0 radical (unpaired) electrons. The number of halogens is 2. The average Bonchev–Trinajstić information content (AvgIpc) is 3.33. The van der Waals surface area contributed by atoms with Crippen molar-refractivity contribution in [2.75, 3.05) is 12.4 Å². The van der Waals surface area contributed by atoms with Gasteiger partial charge in [-0.15, -0.1) is 11.3 Å². The van der Waals surface area contributed by atoms with Crippen LogP contribution in [0.2, 0.25) is 0 Å². The molecule has 0 fully saturated rings. The number of amides is 2. The Bertz CT molecular complexity index is 923. The fourth-order valence-electron chi connectivity index (χ4n) is 2.44. The van der Waals surface area contributed by atoms with Crippen LogP contribution >= 0.6 is 11.3 Å². The molecule has 0 aliphatic heterocycles. The molecule has 2 amide bonds. The fraction of sp³-hybridized carbons (Fsp3) is 0.167. The smallest absolute Gasteiger partial charge is 0.319 e. The summed E-state index contributed by atoms with van der Waals surface area (Å²) in [6.45, 7) is -2.76. The molecule has 0 atom stereocenters. The average molecular weight is 390 g/mol. The molecule has 0 unspecified atom stereocenters. The number of hydrogen-bond donors (Lipinski definition) is 1. The van der Waals surface area contributed by atoms with Gasteiger partial charge in [0, 0.05) is 30.7 Å². The number of carbonyl (C=O) groups is 2. The molecule has 6 nitrogen and oxygen atoms in total. The summed E-state index contributed by atoms with van der Waals surface area (Å²) in [5.41, 5.74) is 0.933. The first-order valence-corrected chi connectivity index (χ1v) is 8.84. The fourth-order valence-corrected chi connectivity index (χ4v) is 3.06. The first-order chi connectivity index (χ1) is 13.0. The van der Waals surface area contributed by atoms with E-state index in [2.05, 4.69) is 10.3 Å². The maximum absolute atomic E-state index is 12.9. The molecule has 1 aromatic carbocycles. The summed E-state index contributed by atoms with van der Waals surface area (Å²) in [6.07, 6.45) is 2.44. The van der Waals surface area contributed by atoms with Crippen molar-refractivity contribution in [1.82, 2.24) is 14.5 Å². The first kappa shape index (κ1) is 18.7. The number of hydrogen-bond acceptors (Lipinski definition) is 4. The molecule has 0 aliphatic rings. The number of anilines is 1. The number of benzene rings is 1. The third-order valence-electron chi connectivity index (χ3n) is 3.82. The number of aromatic nitrogens is 2. The van der Waals surface area contributed by atoms with Crippen molar-refractivity contribution in [2.45, 2.75) is 13.1 Å². The lowest BCUT2D eigenvalue weighted by molar-refractivity contribution is 0.0612. The SMILES string of the molecule is CN(Cc1nccn1C(F)F)C(=O)c1ccc(NC(=O)c2cccs2)cc1. The van der Waals surface area contributed by atoms with Crippen LogP contribution in [-0.2, 0) is 6.54 Å². The second-order valence-electron chi connectivity index (χ2n) is 5.70. The van der Waals surface area contributed by atoms with Gasteiger partial charge in [-0.1, -0.05) is 6.07 Å². The van der Waals surface area contributed by atoms with Crippen LogP contribution in [0.15, 0.2) is 54.2 Å². The van der Waals surface area contributed by atoms with Crippen LogP contribution in [0.25, 0.3) is 0 Å². The largest absolute Gasteiger partial charge is 0.334 e. The van der Waals surface area contributed by atoms with Gasteiger partial charge < -0.3 is 10.2 Å². The van der Waals surface area contributed by atoms with Crippen molar-refractivity contribution < 1.29 is 18.4 Å². The van der Waals surface area contributed by atoms with E-state index in [1.54, 1.807) is 36.4 Å². The van der Waals surface area contributed by atoms with Gasteiger partial charge in [0.2, 0.25) is 0 Å². The third kappa shape index (κ3) is 4.37. The highest BCUT2D eigenvalue weighted by atomic mass is 32.1. The summed E-state index contributed by atoms with van der Waals surface area (Å²) in [4.78, 5) is 30.3. The van der Waals surface area contributed by atoms with E-state index in [0.29, 0.717) is 20.7 Å². The molecule has 140 valence electrons. The summed E-state index contributed by atoms with van der Waals surface area (Å²) in [7, 11) is 1.51. The van der Waals surface area contributed by atoms with E-state index in [-0.39, 0.29) is 24.2 Å². The van der Waals surface area contributed by atoms with Gasteiger partial charge in [0.1, 0.15) is 5.82 Å². The lowest BCUT2D eigenvalue weighted by atomic mass is 10.2. The minimum absolute atomic E-state index is 0.0486. The van der Waals surface area contributed by atoms with Crippen molar-refractivity contribution in [3.8, 4) is 0 Å². The molecule has 2 heterocycles. The molecule has 3 aromatic rings. The van der Waals surface area contributed by atoms with Crippen LogP contribution in [0, 0.1) is 0 Å². The van der Waals surface area contributed by atoms with Crippen molar-refractivity contribution in [1.29, 1.82) is 0 Å². The Kier molecular flexibility index (Phi) is 5.60. The van der Waals surface area contributed by atoms with Crippen molar-refractivity contribution in [3.05, 3.63) is 70.4 Å². The van der Waals surface area contributed by atoms with Crippen LogP contribution in [0.5, 0.6) is 0 Å². The lowest BCUT2D eigenvalue weighted by Gasteiger charge is -2.18. The summed E-state index contributed by atoms with van der Waals surface area (Å²) < 4.78 is 26.5. The Morgan fingerprint density at radius 1 is 1.26 bits per heavy atom. The van der Waals surface area contributed by atoms with Gasteiger partial charge in [-0.05, 0) is 35.7 Å². The van der Waals surface area contributed by atoms with Gasteiger partial charge in [0.25, 0.3) is 11.8 Å². The number of carbonyl (C=O) groups excluding carboxylic acids is 2. The van der Waals surface area contributed by atoms with Crippen LogP contribution < -0.4 is 5.32 Å². The van der Waals surface area contributed by atoms with E-state index < -0.39 is 6.55 Å². The van der Waals surface area contributed by atoms with Crippen LogP contribution in [0.1, 0.15) is 32.4 Å². The minimum Gasteiger partial charge on any atom is -0.334 e. The molecular formula is C18H16F2N4O2S. The highest BCUT2D eigenvalue weighted by Crippen LogP contribution is 2.17. The zero-order valence-corrected chi connectivity index (χ0v) is 15.1. The zero-order chi connectivity index (χ0) is 19.4. The Balaban J connectivity index is 1.64. The van der Waals surface area contributed by atoms with Gasteiger partial charge in [-0.25, -0.2) is 4.98 Å². The number of alkyl halides is 2. The van der Waals surface area contributed by atoms with Gasteiger partial charge in [-0.2, -0.15) is 8.78 Å². The second kappa shape index (κ2) is 8.09. The number of rotatable bonds is 6. The van der Waals surface area contributed by atoms with E-state index in [9.17, 15) is 18.4 Å². The summed E-state index contributed by atoms with van der Waals surface area (Å²) in [6, 6.07) is 9.89. The number of imidazole rings is 1. The van der Waals surface area contributed by atoms with E-state index >= 15 is 0 Å². The Hall–Kier alpha value is -3.07. The van der Waals surface area contributed by atoms with Gasteiger partial charge in [0.05, 0.1) is 11.4 Å². The van der Waals surface area contributed by atoms with E-state index in [4.69, 9.17) is 0 Å². The maximum Gasteiger partial charge on any atom is 0.319 e. The predicted molar refractivity (Wildman–Crippen MR) is 98.0 cm³/mol. The van der Waals surface area contributed by atoms with Crippen LogP contribution in [-0.4, -0.2) is 33.3 Å². The van der Waals surface area contributed by atoms with Gasteiger partial charge in [0.15, 0.2) is 0 Å². The second-order valence-corrected chi connectivity index (χ2v) is 6.65. The molecule has 0 saturated heterocycles. The molecule has 0 aliphatic carbocycles. The van der Waals surface area contributed by atoms with Gasteiger partial charge >= 0.3 is 6.55 Å². The predicted octanol–water partition coefficient (Wildman–Crippen LogP) is 3.86. The first-order valence-electron chi connectivity index (χ1n) is 7.96. The number of nitrogens with one attached hydrogen (secondary N) is 1. The molecule has 2 aromatic heterocycles. The highest BCUT2D eigenvalue weighted by Gasteiger charge is 2.17. The summed E-state index contributed by atoms with van der Waals surface area (Å²) >= 11 is 1.33. The summed E-state index contributed by atoms with van der Waals surface area (Å²) in [5.74, 6) is -0.462. The summed E-state index contributed by atoms with van der Waals surface area (Å²) in [5, 5.41) is 4.56. The molecular weight excluding hydrogens is 374 g/mol. The highest BCUT2D eigenvalue weighted by molar-refractivity contribution is 7.12. The van der Waals surface area contributed by atoms with Crippen molar-refractivity contribution >= 4 is 28.8 Å². The van der Waals surface area contributed by atoms with E-state index in [1.165, 1.54) is 35.7 Å². The molecule has 3 rings (SSSR count). The normalized spacial score (nSPS) is 10.8.